The second kappa shape index (κ2) is 13.0. The van der Waals surface area contributed by atoms with Crippen LogP contribution < -0.4 is 27.0 Å². The molecule has 27 heavy (non-hydrogen) atoms. The van der Waals surface area contributed by atoms with Crippen molar-refractivity contribution in [2.75, 3.05) is 44.7 Å². The number of carbonyl (C=O) groups is 1. The SMILES string of the molecule is CCCCCOc1ccccc1NC(=O)OCC[N+]1(CC)CCCCC1.[Br-]. The first-order valence-corrected chi connectivity index (χ1v) is 10.2. The van der Waals surface area contributed by atoms with Crippen molar-refractivity contribution in [2.45, 2.75) is 52.4 Å². The van der Waals surface area contributed by atoms with Crippen LogP contribution in [0, 0.1) is 0 Å². The number of piperidine rings is 1. The maximum Gasteiger partial charge on any atom is 0.411 e. The molecule has 1 aromatic carbocycles. The van der Waals surface area contributed by atoms with Gasteiger partial charge in [-0.05, 0) is 44.7 Å². The number of quaternary nitrogens is 1. The number of nitrogens with one attached hydrogen (secondary N) is 1. The Labute approximate surface area is 174 Å². The maximum atomic E-state index is 12.2. The molecule has 6 heteroatoms. The molecule has 5 nitrogen and oxygen atoms in total. The smallest absolute Gasteiger partial charge is 0.411 e. The quantitative estimate of drug-likeness (QED) is 0.444. The van der Waals surface area contributed by atoms with Gasteiger partial charge in [0, 0.05) is 0 Å². The number of para-hydroxylation sites is 2. The molecule has 0 unspecified atom stereocenters. The lowest BCUT2D eigenvalue weighted by Crippen LogP contribution is -3.00. The summed E-state index contributed by atoms with van der Waals surface area (Å²) in [4.78, 5) is 12.2. The van der Waals surface area contributed by atoms with Crippen molar-refractivity contribution in [1.29, 1.82) is 0 Å². The molecule has 1 saturated heterocycles. The second-order valence-corrected chi connectivity index (χ2v) is 7.20. The van der Waals surface area contributed by atoms with E-state index in [4.69, 9.17) is 9.47 Å². The van der Waals surface area contributed by atoms with Crippen LogP contribution in [0.4, 0.5) is 10.5 Å². The molecule has 1 fully saturated rings. The van der Waals surface area contributed by atoms with Gasteiger partial charge in [0.1, 0.15) is 18.9 Å². The number of likely N-dealkylation sites (N-methyl/N-ethyl adjacent to an activating group) is 1. The van der Waals surface area contributed by atoms with E-state index in [1.807, 2.05) is 24.3 Å². The van der Waals surface area contributed by atoms with Gasteiger partial charge in [0.25, 0.3) is 0 Å². The van der Waals surface area contributed by atoms with E-state index >= 15 is 0 Å². The minimum absolute atomic E-state index is 0. The molecule has 0 spiro atoms. The predicted octanol–water partition coefficient (Wildman–Crippen LogP) is 1.83. The average molecular weight is 443 g/mol. The highest BCUT2D eigenvalue weighted by Gasteiger charge is 2.28. The van der Waals surface area contributed by atoms with E-state index in [1.165, 1.54) is 32.4 Å². The van der Waals surface area contributed by atoms with Gasteiger partial charge >= 0.3 is 6.09 Å². The summed E-state index contributed by atoms with van der Waals surface area (Å²) < 4.78 is 12.3. The van der Waals surface area contributed by atoms with Gasteiger partial charge in [0.15, 0.2) is 0 Å². The van der Waals surface area contributed by atoms with Gasteiger partial charge < -0.3 is 30.9 Å². The lowest BCUT2D eigenvalue weighted by Gasteiger charge is -2.40. The summed E-state index contributed by atoms with van der Waals surface area (Å²) in [5.41, 5.74) is 0.673. The van der Waals surface area contributed by atoms with Crippen molar-refractivity contribution >= 4 is 11.8 Å². The zero-order chi connectivity index (χ0) is 18.7. The molecule has 0 atom stereocenters. The van der Waals surface area contributed by atoms with E-state index in [1.54, 1.807) is 0 Å². The number of benzene rings is 1. The van der Waals surface area contributed by atoms with Crippen molar-refractivity contribution in [3.63, 3.8) is 0 Å². The van der Waals surface area contributed by atoms with Gasteiger partial charge in [-0.25, -0.2) is 4.79 Å². The summed E-state index contributed by atoms with van der Waals surface area (Å²) in [7, 11) is 0. The number of amides is 1. The first kappa shape index (κ1) is 23.8. The van der Waals surface area contributed by atoms with Crippen molar-refractivity contribution in [2.24, 2.45) is 0 Å². The summed E-state index contributed by atoms with van der Waals surface area (Å²) in [6, 6.07) is 7.53. The van der Waals surface area contributed by atoms with Crippen LogP contribution in [0.5, 0.6) is 5.75 Å². The standard InChI is InChI=1S/C21H34N2O3.BrH/c1-3-5-11-17-25-20-13-8-7-12-19(20)22-21(24)26-18-16-23(4-2)14-9-6-10-15-23;/h7-8,12-13H,3-6,9-11,14-18H2,1-2H3;1H. The molecule has 1 heterocycles. The molecule has 0 aromatic heterocycles. The van der Waals surface area contributed by atoms with Crippen LogP contribution in [-0.2, 0) is 4.74 Å². The Morgan fingerprint density at radius 3 is 2.52 bits per heavy atom. The zero-order valence-electron chi connectivity index (χ0n) is 16.8. The van der Waals surface area contributed by atoms with Crippen LogP contribution in [0.3, 0.4) is 0 Å². The fourth-order valence-corrected chi connectivity index (χ4v) is 3.59. The van der Waals surface area contributed by atoms with E-state index in [0.29, 0.717) is 24.7 Å². The first-order valence-electron chi connectivity index (χ1n) is 10.2. The van der Waals surface area contributed by atoms with Gasteiger partial charge in [-0.1, -0.05) is 31.9 Å². The molecule has 0 saturated carbocycles. The van der Waals surface area contributed by atoms with E-state index < -0.39 is 6.09 Å². The lowest BCUT2D eigenvalue weighted by molar-refractivity contribution is -0.930. The molecular formula is C21H35BrN2O3. The number of ether oxygens (including phenoxy) is 2. The number of hydrogen-bond acceptors (Lipinski definition) is 3. The van der Waals surface area contributed by atoms with Crippen LogP contribution in [0.15, 0.2) is 24.3 Å². The number of rotatable bonds is 10. The van der Waals surface area contributed by atoms with E-state index in [9.17, 15) is 4.79 Å². The number of hydrogen-bond donors (Lipinski definition) is 1. The van der Waals surface area contributed by atoms with E-state index in [0.717, 1.165) is 36.8 Å². The van der Waals surface area contributed by atoms with Crippen LogP contribution in [0.25, 0.3) is 0 Å². The van der Waals surface area contributed by atoms with Gasteiger partial charge in [-0.3, -0.25) is 5.32 Å². The van der Waals surface area contributed by atoms with Crippen LogP contribution >= 0.6 is 0 Å². The second-order valence-electron chi connectivity index (χ2n) is 7.20. The largest absolute Gasteiger partial charge is 1.00 e. The summed E-state index contributed by atoms with van der Waals surface area (Å²) in [5.74, 6) is 0.702. The minimum atomic E-state index is -0.402. The molecule has 2 rings (SSSR count). The van der Waals surface area contributed by atoms with Gasteiger partial charge in [-0.2, -0.15) is 0 Å². The van der Waals surface area contributed by atoms with Crippen LogP contribution in [-0.4, -0.2) is 50.0 Å². The number of nitrogens with zero attached hydrogens (tertiary/aromatic N) is 1. The number of halogens is 1. The number of unbranched alkanes of at least 4 members (excludes halogenated alkanes) is 2. The van der Waals surface area contributed by atoms with Gasteiger partial charge in [-0.15, -0.1) is 0 Å². The van der Waals surface area contributed by atoms with Crippen molar-refractivity contribution < 1.29 is 35.7 Å². The molecule has 1 amide bonds. The Hall–Kier alpha value is -1.27. The number of carbonyl (C=O) groups excluding carboxylic acids is 1. The normalized spacial score (nSPS) is 15.5. The monoisotopic (exact) mass is 442 g/mol. The topological polar surface area (TPSA) is 47.6 Å². The number of anilines is 1. The Balaban J connectivity index is 0.00000364. The molecule has 0 aliphatic carbocycles. The summed E-state index contributed by atoms with van der Waals surface area (Å²) >= 11 is 0. The molecule has 1 aliphatic heterocycles. The highest BCUT2D eigenvalue weighted by atomic mass is 79.9. The third-order valence-electron chi connectivity index (χ3n) is 5.36. The summed E-state index contributed by atoms with van der Waals surface area (Å²) in [5, 5.41) is 2.83. The number of likely N-dealkylation sites (tertiary alicyclic amines) is 1. The van der Waals surface area contributed by atoms with Crippen LogP contribution in [0.1, 0.15) is 52.4 Å². The third kappa shape index (κ3) is 8.09. The molecule has 1 aromatic rings. The fourth-order valence-electron chi connectivity index (χ4n) is 3.59. The van der Waals surface area contributed by atoms with Gasteiger partial charge in [0.05, 0.1) is 31.9 Å². The Morgan fingerprint density at radius 1 is 1.07 bits per heavy atom. The van der Waals surface area contributed by atoms with Crippen molar-refractivity contribution in [3.8, 4) is 5.75 Å². The Kier molecular flexibility index (Phi) is 11.4. The molecule has 154 valence electrons. The summed E-state index contributed by atoms with van der Waals surface area (Å²) in [6.07, 6.45) is 6.82. The molecular weight excluding hydrogens is 408 g/mol. The van der Waals surface area contributed by atoms with E-state index in [-0.39, 0.29) is 17.0 Å². The minimum Gasteiger partial charge on any atom is -1.00 e. The highest BCUT2D eigenvalue weighted by Crippen LogP contribution is 2.24. The zero-order valence-corrected chi connectivity index (χ0v) is 18.4. The maximum absolute atomic E-state index is 12.2. The highest BCUT2D eigenvalue weighted by molar-refractivity contribution is 5.86. The van der Waals surface area contributed by atoms with Crippen molar-refractivity contribution in [1.82, 2.24) is 0 Å². The average Bonchev–Trinajstić information content (AvgIpc) is 2.67. The third-order valence-corrected chi connectivity index (χ3v) is 5.36. The van der Waals surface area contributed by atoms with Crippen molar-refractivity contribution in [3.05, 3.63) is 24.3 Å². The Morgan fingerprint density at radius 2 is 1.81 bits per heavy atom. The molecule has 1 N–H and O–H groups in total. The lowest BCUT2D eigenvalue weighted by atomic mass is 10.1. The molecule has 0 radical (unpaired) electrons. The molecule has 1 aliphatic rings. The van der Waals surface area contributed by atoms with Gasteiger partial charge in [0.2, 0.25) is 0 Å². The predicted molar refractivity (Wildman–Crippen MR) is 106 cm³/mol. The Bertz CT molecular complexity index is 548. The summed E-state index contributed by atoms with van der Waals surface area (Å²) in [6.45, 7) is 9.94. The van der Waals surface area contributed by atoms with E-state index in [2.05, 4.69) is 19.2 Å². The first-order chi connectivity index (χ1) is 12.7. The van der Waals surface area contributed by atoms with Crippen LogP contribution in [0.2, 0.25) is 0 Å². The fraction of sp³-hybridized carbons (Fsp3) is 0.667. The molecule has 0 bridgehead atoms.